The van der Waals surface area contributed by atoms with Crippen LogP contribution in [0.1, 0.15) is 11.3 Å². The Hall–Kier alpha value is -1.29. The summed E-state index contributed by atoms with van der Waals surface area (Å²) < 4.78 is 1.10. The molecule has 0 bridgehead atoms. The van der Waals surface area contributed by atoms with Crippen molar-refractivity contribution in [3.63, 3.8) is 0 Å². The normalized spacial score (nSPS) is 10.4. The van der Waals surface area contributed by atoms with Gasteiger partial charge in [-0.1, -0.05) is 34.1 Å². The first-order valence-corrected chi connectivity index (χ1v) is 5.08. The average Bonchev–Trinajstić information content (AvgIpc) is 2.56. The van der Waals surface area contributed by atoms with Crippen LogP contribution in [0.15, 0.2) is 34.8 Å². The van der Waals surface area contributed by atoms with Crippen LogP contribution in [-0.2, 0) is 6.42 Å². The second-order valence-corrected chi connectivity index (χ2v) is 3.94. The highest BCUT2D eigenvalue weighted by Gasteiger charge is 2.02. The lowest BCUT2D eigenvalue weighted by atomic mass is 10.1. The summed E-state index contributed by atoms with van der Waals surface area (Å²) in [5, 5.41) is 6.77. The first kappa shape index (κ1) is 9.27. The van der Waals surface area contributed by atoms with Crippen molar-refractivity contribution in [2.24, 2.45) is 0 Å². The Labute approximate surface area is 90.5 Å². The lowest BCUT2D eigenvalue weighted by Crippen LogP contribution is -1.89. The number of hydrogen-bond donors (Lipinski definition) is 2. The summed E-state index contributed by atoms with van der Waals surface area (Å²) in [5.41, 5.74) is 7.76. The molecule has 0 aliphatic rings. The van der Waals surface area contributed by atoms with E-state index in [-0.39, 0.29) is 0 Å². The third-order valence-corrected chi connectivity index (χ3v) is 2.76. The minimum atomic E-state index is 0.534. The van der Waals surface area contributed by atoms with Crippen LogP contribution >= 0.6 is 15.9 Å². The quantitative estimate of drug-likeness (QED) is 0.861. The predicted octanol–water partition coefficient (Wildman–Crippen LogP) is 2.35. The Morgan fingerprint density at radius 3 is 2.79 bits per heavy atom. The van der Waals surface area contributed by atoms with Crippen LogP contribution in [-0.4, -0.2) is 10.2 Å². The van der Waals surface area contributed by atoms with Crippen LogP contribution < -0.4 is 5.73 Å². The molecule has 2 aromatic rings. The molecule has 3 N–H and O–H groups in total. The fourth-order valence-corrected chi connectivity index (χ4v) is 1.74. The standard InChI is InChI=1S/C10H10BrN3/c11-9-4-2-1-3-7(9)5-8-6-10(12)14-13-8/h1-4,6H,5H2,(H3,12,13,14). The van der Waals surface area contributed by atoms with E-state index in [1.165, 1.54) is 5.56 Å². The van der Waals surface area contributed by atoms with E-state index in [2.05, 4.69) is 32.2 Å². The number of nitrogen functional groups attached to an aromatic ring is 1. The third kappa shape index (κ3) is 1.96. The van der Waals surface area contributed by atoms with Crippen LogP contribution in [0, 0.1) is 0 Å². The summed E-state index contributed by atoms with van der Waals surface area (Å²) in [6.07, 6.45) is 0.811. The molecule has 0 atom stereocenters. The molecule has 0 saturated carbocycles. The van der Waals surface area contributed by atoms with Crippen molar-refractivity contribution in [3.05, 3.63) is 46.1 Å². The Kier molecular flexibility index (Phi) is 2.54. The molecule has 72 valence electrons. The van der Waals surface area contributed by atoms with Crippen LogP contribution in [0.4, 0.5) is 5.82 Å². The van der Waals surface area contributed by atoms with Crippen molar-refractivity contribution in [1.82, 2.24) is 10.2 Å². The molecule has 0 radical (unpaired) electrons. The lowest BCUT2D eigenvalue weighted by Gasteiger charge is -2.00. The molecule has 4 heteroatoms. The number of nitrogens with zero attached hydrogens (tertiary/aromatic N) is 1. The van der Waals surface area contributed by atoms with Crippen LogP contribution in [0.25, 0.3) is 0 Å². The zero-order valence-electron chi connectivity index (χ0n) is 7.50. The van der Waals surface area contributed by atoms with Gasteiger partial charge >= 0.3 is 0 Å². The van der Waals surface area contributed by atoms with Crippen molar-refractivity contribution >= 4 is 21.7 Å². The molecule has 1 aromatic carbocycles. The van der Waals surface area contributed by atoms with Gasteiger partial charge in [-0.05, 0) is 11.6 Å². The largest absolute Gasteiger partial charge is 0.382 e. The zero-order chi connectivity index (χ0) is 9.97. The van der Waals surface area contributed by atoms with Crippen molar-refractivity contribution < 1.29 is 0 Å². The first-order chi connectivity index (χ1) is 6.75. The maximum Gasteiger partial charge on any atom is 0.145 e. The number of nitrogens with two attached hydrogens (primary N) is 1. The number of rotatable bonds is 2. The first-order valence-electron chi connectivity index (χ1n) is 4.29. The number of nitrogens with one attached hydrogen (secondary N) is 1. The van der Waals surface area contributed by atoms with Crippen molar-refractivity contribution in [2.45, 2.75) is 6.42 Å². The summed E-state index contributed by atoms with van der Waals surface area (Å²) in [7, 11) is 0. The summed E-state index contributed by atoms with van der Waals surface area (Å²) in [5.74, 6) is 0.534. The smallest absolute Gasteiger partial charge is 0.145 e. The van der Waals surface area contributed by atoms with E-state index in [4.69, 9.17) is 5.73 Å². The Balaban J connectivity index is 2.23. The molecule has 0 aliphatic carbocycles. The van der Waals surface area contributed by atoms with Crippen LogP contribution in [0.5, 0.6) is 0 Å². The van der Waals surface area contributed by atoms with E-state index in [1.54, 1.807) is 0 Å². The zero-order valence-corrected chi connectivity index (χ0v) is 9.08. The van der Waals surface area contributed by atoms with E-state index < -0.39 is 0 Å². The van der Waals surface area contributed by atoms with Gasteiger partial charge in [0.1, 0.15) is 5.82 Å². The predicted molar refractivity (Wildman–Crippen MR) is 59.9 cm³/mol. The number of aromatic nitrogens is 2. The average molecular weight is 252 g/mol. The van der Waals surface area contributed by atoms with Crippen molar-refractivity contribution in [3.8, 4) is 0 Å². The second kappa shape index (κ2) is 3.84. The van der Waals surface area contributed by atoms with Gasteiger partial charge in [-0.25, -0.2) is 0 Å². The SMILES string of the molecule is Nc1cc(Cc2ccccc2Br)[nH]n1. The van der Waals surface area contributed by atoms with Gasteiger partial charge in [-0.2, -0.15) is 5.10 Å². The van der Waals surface area contributed by atoms with Gasteiger partial charge in [0, 0.05) is 22.7 Å². The summed E-state index contributed by atoms with van der Waals surface area (Å²) in [6, 6.07) is 9.95. The third-order valence-electron chi connectivity index (χ3n) is 1.99. The Morgan fingerprint density at radius 2 is 2.14 bits per heavy atom. The molecule has 0 aliphatic heterocycles. The fourth-order valence-electron chi connectivity index (χ4n) is 1.32. The number of anilines is 1. The summed E-state index contributed by atoms with van der Waals surface area (Å²) in [4.78, 5) is 0. The molecule has 14 heavy (non-hydrogen) atoms. The molecular weight excluding hydrogens is 242 g/mol. The highest BCUT2D eigenvalue weighted by molar-refractivity contribution is 9.10. The fraction of sp³-hybridized carbons (Fsp3) is 0.100. The van der Waals surface area contributed by atoms with Gasteiger partial charge in [0.2, 0.25) is 0 Å². The Bertz CT molecular complexity index is 436. The number of aromatic amines is 1. The monoisotopic (exact) mass is 251 g/mol. The van der Waals surface area contributed by atoms with Gasteiger partial charge < -0.3 is 5.73 Å². The molecule has 0 spiro atoms. The molecule has 2 rings (SSSR count). The number of halogens is 1. The topological polar surface area (TPSA) is 54.7 Å². The minimum absolute atomic E-state index is 0.534. The molecule has 0 amide bonds. The molecule has 1 aromatic heterocycles. The Morgan fingerprint density at radius 1 is 1.36 bits per heavy atom. The minimum Gasteiger partial charge on any atom is -0.382 e. The van der Waals surface area contributed by atoms with E-state index in [0.29, 0.717) is 5.82 Å². The van der Waals surface area contributed by atoms with E-state index in [0.717, 1.165) is 16.6 Å². The molecule has 3 nitrogen and oxygen atoms in total. The van der Waals surface area contributed by atoms with Crippen LogP contribution in [0.3, 0.4) is 0 Å². The van der Waals surface area contributed by atoms with Crippen molar-refractivity contribution in [1.29, 1.82) is 0 Å². The van der Waals surface area contributed by atoms with Gasteiger partial charge in [0.15, 0.2) is 0 Å². The van der Waals surface area contributed by atoms with Crippen molar-refractivity contribution in [2.75, 3.05) is 5.73 Å². The number of benzene rings is 1. The summed E-state index contributed by atoms with van der Waals surface area (Å²) >= 11 is 3.49. The maximum atomic E-state index is 5.52. The molecule has 0 saturated heterocycles. The van der Waals surface area contributed by atoms with Crippen LogP contribution in [0.2, 0.25) is 0 Å². The van der Waals surface area contributed by atoms with Gasteiger partial charge in [0.25, 0.3) is 0 Å². The highest BCUT2D eigenvalue weighted by atomic mass is 79.9. The van der Waals surface area contributed by atoms with Gasteiger partial charge in [-0.3, -0.25) is 5.10 Å². The van der Waals surface area contributed by atoms with E-state index in [1.807, 2.05) is 24.3 Å². The highest BCUT2D eigenvalue weighted by Crippen LogP contribution is 2.19. The van der Waals surface area contributed by atoms with Gasteiger partial charge in [-0.15, -0.1) is 0 Å². The molecule has 0 fully saturated rings. The molecule has 1 heterocycles. The van der Waals surface area contributed by atoms with E-state index in [9.17, 15) is 0 Å². The number of hydrogen-bond acceptors (Lipinski definition) is 2. The maximum absolute atomic E-state index is 5.52. The van der Waals surface area contributed by atoms with Gasteiger partial charge in [0.05, 0.1) is 0 Å². The number of H-pyrrole nitrogens is 1. The molecule has 0 unspecified atom stereocenters. The van der Waals surface area contributed by atoms with E-state index >= 15 is 0 Å². The summed E-state index contributed by atoms with van der Waals surface area (Å²) in [6.45, 7) is 0. The second-order valence-electron chi connectivity index (χ2n) is 3.09. The lowest BCUT2D eigenvalue weighted by molar-refractivity contribution is 0.997. The molecular formula is C10H10BrN3.